The van der Waals surface area contributed by atoms with Gasteiger partial charge in [-0.3, -0.25) is 14.4 Å². The number of carbonyl (C=O) groups excluding carboxylic acids is 2. The zero-order chi connectivity index (χ0) is 13.6. The number of carboxylic acids is 1. The first-order chi connectivity index (χ1) is 8.44. The van der Waals surface area contributed by atoms with Crippen LogP contribution in [-0.2, 0) is 14.4 Å². The zero-order valence-electron chi connectivity index (χ0n) is 10.2. The van der Waals surface area contributed by atoms with Crippen LogP contribution in [0.3, 0.4) is 0 Å². The summed E-state index contributed by atoms with van der Waals surface area (Å²) in [5.41, 5.74) is 5.09. The fraction of sp³-hybridized carbons (Fsp3) is 0.727. The molecule has 0 bridgehead atoms. The second-order valence-corrected chi connectivity index (χ2v) is 4.57. The molecular weight excluding hydrogens is 238 g/mol. The third-order valence-electron chi connectivity index (χ3n) is 3.04. The highest BCUT2D eigenvalue weighted by Gasteiger charge is 2.35. The molecule has 7 nitrogen and oxygen atoms in total. The van der Waals surface area contributed by atoms with Crippen LogP contribution in [-0.4, -0.2) is 41.5 Å². The molecule has 1 fully saturated rings. The number of carboxylic acid groups (broad SMARTS) is 1. The molecule has 0 aromatic rings. The maximum atomic E-state index is 11.8. The van der Waals surface area contributed by atoms with Crippen LogP contribution in [0.5, 0.6) is 0 Å². The Kier molecular flexibility index (Phi) is 5.08. The second kappa shape index (κ2) is 6.34. The molecule has 0 spiro atoms. The Morgan fingerprint density at radius 2 is 1.67 bits per heavy atom. The van der Waals surface area contributed by atoms with E-state index in [0.29, 0.717) is 12.8 Å². The van der Waals surface area contributed by atoms with E-state index in [9.17, 15) is 14.4 Å². The number of aliphatic carboxylic acids is 1. The minimum atomic E-state index is -1.13. The van der Waals surface area contributed by atoms with E-state index in [1.807, 2.05) is 0 Å². The van der Waals surface area contributed by atoms with Crippen LogP contribution in [0.2, 0.25) is 0 Å². The Balaban J connectivity index is 2.31. The van der Waals surface area contributed by atoms with Crippen molar-refractivity contribution in [1.82, 2.24) is 10.6 Å². The summed E-state index contributed by atoms with van der Waals surface area (Å²) in [4.78, 5) is 33.3. The first-order valence-electron chi connectivity index (χ1n) is 6.00. The molecule has 0 aromatic carbocycles. The van der Waals surface area contributed by atoms with Crippen molar-refractivity contribution in [3.05, 3.63) is 0 Å². The van der Waals surface area contributed by atoms with E-state index in [0.717, 1.165) is 19.3 Å². The minimum absolute atomic E-state index is 0.245. The van der Waals surface area contributed by atoms with E-state index in [-0.39, 0.29) is 12.5 Å². The lowest BCUT2D eigenvalue weighted by Crippen LogP contribution is -2.56. The molecule has 2 amide bonds. The molecular formula is C11H19N3O4. The number of nitrogens with one attached hydrogen (secondary N) is 2. The van der Waals surface area contributed by atoms with Crippen molar-refractivity contribution in [2.24, 2.45) is 5.73 Å². The van der Waals surface area contributed by atoms with Crippen LogP contribution in [0.1, 0.15) is 32.1 Å². The zero-order valence-corrected chi connectivity index (χ0v) is 10.2. The maximum absolute atomic E-state index is 11.8. The number of nitrogens with two attached hydrogens (primary N) is 1. The molecule has 1 aliphatic carbocycles. The third kappa shape index (κ3) is 4.33. The number of hydrogen-bond acceptors (Lipinski definition) is 4. The van der Waals surface area contributed by atoms with Gasteiger partial charge >= 0.3 is 5.97 Å². The first kappa shape index (κ1) is 14.4. The fourth-order valence-corrected chi connectivity index (χ4v) is 1.98. The lowest BCUT2D eigenvalue weighted by atomic mass is 9.82. The predicted molar refractivity (Wildman–Crippen MR) is 63.7 cm³/mol. The summed E-state index contributed by atoms with van der Waals surface area (Å²) >= 11 is 0. The summed E-state index contributed by atoms with van der Waals surface area (Å²) in [6.45, 7) is -0.701. The lowest BCUT2D eigenvalue weighted by Gasteiger charge is -2.31. The summed E-state index contributed by atoms with van der Waals surface area (Å²) in [6.07, 6.45) is 4.14. The average molecular weight is 257 g/mol. The normalized spacial score (nSPS) is 17.8. The Labute approximate surface area is 105 Å². The quantitative estimate of drug-likeness (QED) is 0.501. The van der Waals surface area contributed by atoms with Gasteiger partial charge in [-0.2, -0.15) is 0 Å². The molecule has 0 radical (unpaired) electrons. The van der Waals surface area contributed by atoms with Gasteiger partial charge in [0.25, 0.3) is 0 Å². The highest BCUT2D eigenvalue weighted by atomic mass is 16.4. The Morgan fingerprint density at radius 1 is 1.06 bits per heavy atom. The van der Waals surface area contributed by atoms with E-state index >= 15 is 0 Å². The number of carbonyl (C=O) groups is 3. The predicted octanol–water partition coefficient (Wildman–Crippen LogP) is -1.03. The molecule has 0 aromatic heterocycles. The van der Waals surface area contributed by atoms with Crippen molar-refractivity contribution in [3.8, 4) is 0 Å². The molecule has 7 heteroatoms. The van der Waals surface area contributed by atoms with Gasteiger partial charge < -0.3 is 21.5 Å². The molecule has 0 unspecified atom stereocenters. The average Bonchev–Trinajstić information content (AvgIpc) is 2.34. The molecule has 0 heterocycles. The Bertz CT molecular complexity index is 337. The van der Waals surface area contributed by atoms with Crippen LogP contribution in [0.4, 0.5) is 0 Å². The molecule has 102 valence electrons. The van der Waals surface area contributed by atoms with Crippen molar-refractivity contribution in [2.75, 3.05) is 13.1 Å². The Morgan fingerprint density at radius 3 is 2.22 bits per heavy atom. The van der Waals surface area contributed by atoms with Crippen molar-refractivity contribution >= 4 is 17.8 Å². The maximum Gasteiger partial charge on any atom is 0.322 e. The van der Waals surface area contributed by atoms with Gasteiger partial charge in [-0.05, 0) is 12.8 Å². The van der Waals surface area contributed by atoms with Gasteiger partial charge in [0, 0.05) is 0 Å². The van der Waals surface area contributed by atoms with E-state index in [4.69, 9.17) is 10.8 Å². The second-order valence-electron chi connectivity index (χ2n) is 4.57. The van der Waals surface area contributed by atoms with Crippen molar-refractivity contribution < 1.29 is 19.5 Å². The highest BCUT2D eigenvalue weighted by Crippen LogP contribution is 2.25. The first-order valence-corrected chi connectivity index (χ1v) is 6.00. The summed E-state index contributed by atoms with van der Waals surface area (Å²) in [5.74, 6) is -2.00. The summed E-state index contributed by atoms with van der Waals surface area (Å²) in [7, 11) is 0. The van der Waals surface area contributed by atoms with Crippen molar-refractivity contribution in [2.45, 2.75) is 37.6 Å². The SMILES string of the molecule is NC1(C(=O)NCC(=O)NCC(=O)O)CCCCC1. The molecule has 0 aliphatic heterocycles. The van der Waals surface area contributed by atoms with E-state index in [2.05, 4.69) is 10.6 Å². The molecule has 1 rings (SSSR count). The Hall–Kier alpha value is -1.63. The van der Waals surface area contributed by atoms with Gasteiger partial charge in [0.15, 0.2) is 0 Å². The third-order valence-corrected chi connectivity index (χ3v) is 3.04. The summed E-state index contributed by atoms with van der Waals surface area (Å²) in [6, 6.07) is 0. The van der Waals surface area contributed by atoms with E-state index in [1.165, 1.54) is 0 Å². The summed E-state index contributed by atoms with van der Waals surface area (Å²) < 4.78 is 0. The smallest absolute Gasteiger partial charge is 0.322 e. The topological polar surface area (TPSA) is 122 Å². The van der Waals surface area contributed by atoms with Crippen LogP contribution in [0, 0.1) is 0 Å². The van der Waals surface area contributed by atoms with Gasteiger partial charge in [-0.15, -0.1) is 0 Å². The lowest BCUT2D eigenvalue weighted by molar-refractivity contribution is -0.137. The fourth-order valence-electron chi connectivity index (χ4n) is 1.98. The van der Waals surface area contributed by atoms with E-state index in [1.54, 1.807) is 0 Å². The molecule has 5 N–H and O–H groups in total. The molecule has 0 atom stereocenters. The highest BCUT2D eigenvalue weighted by molar-refractivity contribution is 5.90. The van der Waals surface area contributed by atoms with Crippen LogP contribution in [0.15, 0.2) is 0 Å². The molecule has 0 saturated heterocycles. The van der Waals surface area contributed by atoms with Gasteiger partial charge in [0.2, 0.25) is 11.8 Å². The van der Waals surface area contributed by atoms with Crippen LogP contribution < -0.4 is 16.4 Å². The van der Waals surface area contributed by atoms with Crippen molar-refractivity contribution in [1.29, 1.82) is 0 Å². The van der Waals surface area contributed by atoms with Gasteiger partial charge in [-0.25, -0.2) is 0 Å². The van der Waals surface area contributed by atoms with E-state index < -0.39 is 24.0 Å². The number of rotatable bonds is 5. The van der Waals surface area contributed by atoms with Gasteiger partial charge in [-0.1, -0.05) is 19.3 Å². The largest absolute Gasteiger partial charge is 0.480 e. The standard InChI is InChI=1S/C11H19N3O4/c12-11(4-2-1-3-5-11)10(18)14-6-8(15)13-7-9(16)17/h1-7,12H2,(H,13,15)(H,14,18)(H,16,17). The van der Waals surface area contributed by atoms with Gasteiger partial charge in [0.1, 0.15) is 6.54 Å². The monoisotopic (exact) mass is 257 g/mol. The molecule has 1 aliphatic rings. The van der Waals surface area contributed by atoms with Crippen molar-refractivity contribution in [3.63, 3.8) is 0 Å². The minimum Gasteiger partial charge on any atom is -0.480 e. The molecule has 1 saturated carbocycles. The van der Waals surface area contributed by atoms with Crippen LogP contribution in [0.25, 0.3) is 0 Å². The number of hydrogen-bond donors (Lipinski definition) is 4. The summed E-state index contributed by atoms with van der Waals surface area (Å²) in [5, 5.41) is 13.0. The molecule has 18 heavy (non-hydrogen) atoms. The van der Waals surface area contributed by atoms with Gasteiger partial charge in [0.05, 0.1) is 12.1 Å². The number of amides is 2. The van der Waals surface area contributed by atoms with Crippen LogP contribution >= 0.6 is 0 Å².